The van der Waals surface area contributed by atoms with Gasteiger partial charge >= 0.3 is 0 Å². The third-order valence-electron chi connectivity index (χ3n) is 5.98. The molecular weight excluding hydrogens is 380 g/mol. The van der Waals surface area contributed by atoms with Crippen LogP contribution < -0.4 is 16.8 Å². The predicted molar refractivity (Wildman–Crippen MR) is 107 cm³/mol. The second-order valence-electron chi connectivity index (χ2n) is 7.75. The van der Waals surface area contributed by atoms with Crippen LogP contribution >= 0.6 is 11.3 Å². The van der Waals surface area contributed by atoms with Crippen molar-refractivity contribution >= 4 is 22.2 Å². The predicted octanol–water partition coefficient (Wildman–Crippen LogP) is 3.75. The van der Waals surface area contributed by atoms with Crippen molar-refractivity contribution in [1.29, 1.82) is 0 Å². The van der Waals surface area contributed by atoms with Crippen LogP contribution in [-0.4, -0.2) is 11.9 Å². The Hall–Kier alpha value is -1.83. The highest BCUT2D eigenvalue weighted by molar-refractivity contribution is 7.16. The van der Waals surface area contributed by atoms with E-state index in [4.69, 9.17) is 11.5 Å². The van der Waals surface area contributed by atoms with Crippen LogP contribution in [0.4, 0.5) is 13.8 Å². The molecule has 1 aromatic carbocycles. The SMILES string of the molecule is NCc1c(NC(=O)CC(N)C2CCc3cc(F)c(F)cc32)sc2c1CCCC2. The monoisotopic (exact) mass is 405 g/mol. The molecule has 2 unspecified atom stereocenters. The summed E-state index contributed by atoms with van der Waals surface area (Å²) in [5.74, 6) is -1.99. The van der Waals surface area contributed by atoms with Crippen molar-refractivity contribution < 1.29 is 13.6 Å². The maximum absolute atomic E-state index is 13.7. The summed E-state index contributed by atoms with van der Waals surface area (Å²) < 4.78 is 27.1. The number of thiophene rings is 1. The lowest BCUT2D eigenvalue weighted by molar-refractivity contribution is -0.116. The topological polar surface area (TPSA) is 81.1 Å². The molecule has 7 heteroatoms. The average Bonchev–Trinajstić information content (AvgIpc) is 3.22. The molecule has 5 N–H and O–H groups in total. The van der Waals surface area contributed by atoms with Crippen LogP contribution in [-0.2, 0) is 30.6 Å². The highest BCUT2D eigenvalue weighted by atomic mass is 32.1. The van der Waals surface area contributed by atoms with Crippen LogP contribution in [0.25, 0.3) is 0 Å². The van der Waals surface area contributed by atoms with E-state index in [1.54, 1.807) is 11.3 Å². The number of halogens is 2. The number of hydrogen-bond donors (Lipinski definition) is 3. The summed E-state index contributed by atoms with van der Waals surface area (Å²) in [6.45, 7) is 0.411. The van der Waals surface area contributed by atoms with Crippen LogP contribution in [0.2, 0.25) is 0 Å². The van der Waals surface area contributed by atoms with Gasteiger partial charge in [-0.05, 0) is 67.3 Å². The lowest BCUT2D eigenvalue weighted by Crippen LogP contribution is -2.32. The molecule has 4 rings (SSSR count). The quantitative estimate of drug-likeness (QED) is 0.709. The highest BCUT2D eigenvalue weighted by Gasteiger charge is 2.31. The standard InChI is InChI=1S/C21H25F2N3OS/c22-16-7-11-5-6-12(14(11)8-17(16)23)18(25)9-20(27)26-21-15(10-24)13-3-1-2-4-19(13)28-21/h7-8,12,18H,1-6,9-10,24-25H2,(H,26,27). The number of benzene rings is 1. The molecule has 2 atom stereocenters. The first-order chi connectivity index (χ1) is 13.5. The number of amides is 1. The minimum atomic E-state index is -0.862. The Labute approximate surface area is 167 Å². The molecule has 1 amide bonds. The second-order valence-corrected chi connectivity index (χ2v) is 8.85. The van der Waals surface area contributed by atoms with Crippen LogP contribution in [0.5, 0.6) is 0 Å². The van der Waals surface area contributed by atoms with Crippen molar-refractivity contribution in [3.63, 3.8) is 0 Å². The van der Waals surface area contributed by atoms with Crippen molar-refractivity contribution in [2.45, 2.75) is 63.5 Å². The van der Waals surface area contributed by atoms with Gasteiger partial charge in [0.25, 0.3) is 0 Å². The van der Waals surface area contributed by atoms with E-state index in [2.05, 4.69) is 5.32 Å². The molecule has 0 aliphatic heterocycles. The number of hydrogen-bond acceptors (Lipinski definition) is 4. The number of fused-ring (bicyclic) bond motifs is 2. The number of carbonyl (C=O) groups excluding carboxylic acids is 1. The van der Waals surface area contributed by atoms with Crippen molar-refractivity contribution in [3.05, 3.63) is 50.9 Å². The molecule has 0 radical (unpaired) electrons. The molecule has 28 heavy (non-hydrogen) atoms. The zero-order chi connectivity index (χ0) is 19.8. The van der Waals surface area contributed by atoms with E-state index in [9.17, 15) is 13.6 Å². The van der Waals surface area contributed by atoms with E-state index in [0.29, 0.717) is 19.4 Å². The summed E-state index contributed by atoms with van der Waals surface area (Å²) in [6, 6.07) is 2.04. The van der Waals surface area contributed by atoms with Crippen LogP contribution in [0.15, 0.2) is 12.1 Å². The third kappa shape index (κ3) is 3.58. The zero-order valence-electron chi connectivity index (χ0n) is 15.7. The number of rotatable bonds is 5. The van der Waals surface area contributed by atoms with E-state index in [1.807, 2.05) is 0 Å². The Kier molecular flexibility index (Phi) is 5.49. The van der Waals surface area contributed by atoms with Crippen LogP contribution in [0.1, 0.15) is 58.7 Å². The Morgan fingerprint density at radius 3 is 2.75 bits per heavy atom. The van der Waals surface area contributed by atoms with E-state index in [0.717, 1.165) is 41.0 Å². The number of carbonyl (C=O) groups is 1. The van der Waals surface area contributed by atoms with Crippen LogP contribution in [0, 0.1) is 11.6 Å². The molecule has 0 saturated heterocycles. The summed E-state index contributed by atoms with van der Waals surface area (Å²) in [5, 5.41) is 3.84. The Morgan fingerprint density at radius 1 is 1.21 bits per heavy atom. The molecule has 0 spiro atoms. The first-order valence-electron chi connectivity index (χ1n) is 9.84. The van der Waals surface area contributed by atoms with E-state index >= 15 is 0 Å². The molecule has 1 aromatic heterocycles. The van der Waals surface area contributed by atoms with Gasteiger partial charge in [-0.25, -0.2) is 8.78 Å². The van der Waals surface area contributed by atoms with Crippen LogP contribution in [0.3, 0.4) is 0 Å². The van der Waals surface area contributed by atoms with Gasteiger partial charge in [-0.3, -0.25) is 4.79 Å². The molecule has 0 saturated carbocycles. The largest absolute Gasteiger partial charge is 0.327 e. The Morgan fingerprint density at radius 2 is 1.96 bits per heavy atom. The minimum absolute atomic E-state index is 0.135. The second kappa shape index (κ2) is 7.89. The van der Waals surface area contributed by atoms with Crippen molar-refractivity contribution in [2.24, 2.45) is 11.5 Å². The molecule has 0 fully saturated rings. The molecule has 1 heterocycles. The normalized spacial score (nSPS) is 19.2. The summed E-state index contributed by atoms with van der Waals surface area (Å²) in [5.41, 5.74) is 16.1. The summed E-state index contributed by atoms with van der Waals surface area (Å²) in [7, 11) is 0. The molecule has 0 bridgehead atoms. The van der Waals surface area contributed by atoms with Gasteiger partial charge in [0.05, 0.1) is 5.00 Å². The van der Waals surface area contributed by atoms with Gasteiger partial charge in [0.1, 0.15) is 0 Å². The van der Waals surface area contributed by atoms with E-state index in [1.165, 1.54) is 29.0 Å². The highest BCUT2D eigenvalue weighted by Crippen LogP contribution is 2.39. The molecule has 150 valence electrons. The van der Waals surface area contributed by atoms with Gasteiger partial charge in [0.2, 0.25) is 5.91 Å². The number of anilines is 1. The van der Waals surface area contributed by atoms with Crippen molar-refractivity contribution in [3.8, 4) is 0 Å². The fraction of sp³-hybridized carbons (Fsp3) is 0.476. The van der Waals surface area contributed by atoms with Gasteiger partial charge in [0.15, 0.2) is 11.6 Å². The number of aryl methyl sites for hydroxylation is 2. The minimum Gasteiger partial charge on any atom is -0.327 e. The van der Waals surface area contributed by atoms with Gasteiger partial charge < -0.3 is 16.8 Å². The van der Waals surface area contributed by atoms with E-state index in [-0.39, 0.29) is 18.2 Å². The molecule has 2 aromatic rings. The molecule has 2 aliphatic carbocycles. The summed E-state index contributed by atoms with van der Waals surface area (Å²) in [4.78, 5) is 14.0. The first kappa shape index (κ1) is 19.5. The number of nitrogens with one attached hydrogen (secondary N) is 1. The maximum Gasteiger partial charge on any atom is 0.226 e. The zero-order valence-corrected chi connectivity index (χ0v) is 16.5. The lowest BCUT2D eigenvalue weighted by atomic mass is 9.91. The fourth-order valence-corrected chi connectivity index (χ4v) is 5.89. The Bertz CT molecular complexity index is 912. The van der Waals surface area contributed by atoms with Crippen molar-refractivity contribution in [2.75, 3.05) is 5.32 Å². The smallest absolute Gasteiger partial charge is 0.226 e. The third-order valence-corrected chi connectivity index (χ3v) is 7.23. The van der Waals surface area contributed by atoms with E-state index < -0.39 is 17.7 Å². The van der Waals surface area contributed by atoms with Gasteiger partial charge in [0, 0.05) is 35.4 Å². The Balaban J connectivity index is 1.46. The number of nitrogens with two attached hydrogens (primary N) is 2. The summed E-state index contributed by atoms with van der Waals surface area (Å²) in [6.07, 6.45) is 5.89. The lowest BCUT2D eigenvalue weighted by Gasteiger charge is -2.20. The van der Waals surface area contributed by atoms with Crippen molar-refractivity contribution in [1.82, 2.24) is 0 Å². The maximum atomic E-state index is 13.7. The van der Waals surface area contributed by atoms with Gasteiger partial charge in [-0.1, -0.05) is 0 Å². The molecular formula is C21H25F2N3OS. The van der Waals surface area contributed by atoms with Gasteiger partial charge in [-0.2, -0.15) is 0 Å². The van der Waals surface area contributed by atoms with Gasteiger partial charge in [-0.15, -0.1) is 11.3 Å². The summed E-state index contributed by atoms with van der Waals surface area (Å²) >= 11 is 1.62. The first-order valence-corrected chi connectivity index (χ1v) is 10.7. The average molecular weight is 406 g/mol. The molecule has 4 nitrogen and oxygen atoms in total. The molecule has 2 aliphatic rings. The fourth-order valence-electron chi connectivity index (χ4n) is 4.56.